The molecule has 7 nitrogen and oxygen atoms in total. The second kappa shape index (κ2) is 6.17. The average molecular weight is 293 g/mol. The van der Waals surface area contributed by atoms with Gasteiger partial charge in [-0.05, 0) is 12.1 Å². The van der Waals surface area contributed by atoms with E-state index in [1.54, 1.807) is 19.1 Å². The van der Waals surface area contributed by atoms with Crippen LogP contribution in [-0.2, 0) is 9.59 Å². The smallest absolute Gasteiger partial charge is 0.328 e. The number of ether oxygens (including phenoxy) is 3. The number of hydrogen-bond donors (Lipinski definition) is 2. The minimum absolute atomic E-state index is 0.0862. The summed E-state index contributed by atoms with van der Waals surface area (Å²) >= 11 is 0. The van der Waals surface area contributed by atoms with E-state index in [0.717, 1.165) is 6.08 Å². The molecule has 1 amide bonds. The van der Waals surface area contributed by atoms with Gasteiger partial charge in [0, 0.05) is 17.7 Å². The molecule has 1 aromatic carbocycles. The standard InChI is InChI=1S/C14H15NO6/c1-8(14(15)18)6-19-10-5-12-11(20-7-21-12)4-9(10)2-3-13(16)17/h2-5,8H,6-7H2,1H3,(H2,15,18)(H,16,17). The van der Waals surface area contributed by atoms with Crippen molar-refractivity contribution in [1.82, 2.24) is 0 Å². The molecule has 2 rings (SSSR count). The lowest BCUT2D eigenvalue weighted by molar-refractivity contribution is -0.131. The molecule has 1 unspecified atom stereocenters. The number of carboxylic acids is 1. The number of fused-ring (bicyclic) bond motifs is 1. The van der Waals surface area contributed by atoms with Gasteiger partial charge < -0.3 is 25.1 Å². The maximum Gasteiger partial charge on any atom is 0.328 e. The number of aliphatic carboxylic acids is 1. The van der Waals surface area contributed by atoms with Crippen LogP contribution >= 0.6 is 0 Å². The fourth-order valence-electron chi connectivity index (χ4n) is 1.65. The number of benzene rings is 1. The van der Waals surface area contributed by atoms with Crippen molar-refractivity contribution >= 4 is 18.0 Å². The molecule has 112 valence electrons. The van der Waals surface area contributed by atoms with E-state index in [-0.39, 0.29) is 13.4 Å². The van der Waals surface area contributed by atoms with E-state index < -0.39 is 17.8 Å². The highest BCUT2D eigenvalue weighted by Gasteiger charge is 2.18. The van der Waals surface area contributed by atoms with Crippen molar-refractivity contribution < 1.29 is 28.9 Å². The van der Waals surface area contributed by atoms with Crippen molar-refractivity contribution in [3.05, 3.63) is 23.8 Å². The SMILES string of the molecule is CC(COc1cc2c(cc1C=CC(=O)O)OCO2)C(N)=O. The summed E-state index contributed by atoms with van der Waals surface area (Å²) in [6.07, 6.45) is 2.37. The Hall–Kier alpha value is -2.70. The number of carbonyl (C=O) groups excluding carboxylic acids is 1. The summed E-state index contributed by atoms with van der Waals surface area (Å²) in [6.45, 7) is 1.82. The number of carboxylic acid groups (broad SMARTS) is 1. The van der Waals surface area contributed by atoms with Crippen LogP contribution in [0.5, 0.6) is 17.2 Å². The fraction of sp³-hybridized carbons (Fsp3) is 0.286. The maximum atomic E-state index is 11.0. The second-order valence-corrected chi connectivity index (χ2v) is 4.53. The topological polar surface area (TPSA) is 108 Å². The first kappa shape index (κ1) is 14.7. The van der Waals surface area contributed by atoms with E-state index in [9.17, 15) is 9.59 Å². The number of carbonyl (C=O) groups is 2. The van der Waals surface area contributed by atoms with Crippen molar-refractivity contribution in [1.29, 1.82) is 0 Å². The van der Waals surface area contributed by atoms with Gasteiger partial charge in [0.1, 0.15) is 5.75 Å². The second-order valence-electron chi connectivity index (χ2n) is 4.53. The zero-order valence-corrected chi connectivity index (χ0v) is 11.4. The van der Waals surface area contributed by atoms with Gasteiger partial charge >= 0.3 is 5.97 Å². The Labute approximate surface area is 120 Å². The van der Waals surface area contributed by atoms with Gasteiger partial charge in [0.05, 0.1) is 12.5 Å². The molecule has 0 saturated heterocycles. The molecular formula is C14H15NO6. The third-order valence-electron chi connectivity index (χ3n) is 2.89. The van der Waals surface area contributed by atoms with E-state index in [1.165, 1.54) is 6.08 Å². The van der Waals surface area contributed by atoms with Crippen LogP contribution in [0.4, 0.5) is 0 Å². The number of primary amides is 1. The molecule has 1 aliphatic rings. The summed E-state index contributed by atoms with van der Waals surface area (Å²) in [4.78, 5) is 21.6. The molecule has 7 heteroatoms. The van der Waals surface area contributed by atoms with Crippen LogP contribution in [0.15, 0.2) is 18.2 Å². The minimum atomic E-state index is -1.08. The number of nitrogens with two attached hydrogens (primary N) is 1. The van der Waals surface area contributed by atoms with Gasteiger partial charge in [-0.15, -0.1) is 0 Å². The highest BCUT2D eigenvalue weighted by molar-refractivity contribution is 5.86. The van der Waals surface area contributed by atoms with Crippen molar-refractivity contribution in [3.8, 4) is 17.2 Å². The molecule has 1 aromatic rings. The molecule has 0 spiro atoms. The van der Waals surface area contributed by atoms with Crippen LogP contribution in [0.3, 0.4) is 0 Å². The highest BCUT2D eigenvalue weighted by Crippen LogP contribution is 2.38. The third-order valence-corrected chi connectivity index (χ3v) is 2.89. The molecule has 1 heterocycles. The lowest BCUT2D eigenvalue weighted by Gasteiger charge is -2.13. The molecule has 0 fully saturated rings. The van der Waals surface area contributed by atoms with Crippen LogP contribution in [0.25, 0.3) is 6.08 Å². The van der Waals surface area contributed by atoms with Crippen molar-refractivity contribution in [2.45, 2.75) is 6.92 Å². The van der Waals surface area contributed by atoms with Gasteiger partial charge in [-0.25, -0.2) is 4.79 Å². The van der Waals surface area contributed by atoms with Gasteiger partial charge in [0.25, 0.3) is 0 Å². The predicted octanol–water partition coefficient (Wildman–Crippen LogP) is 1.01. The zero-order valence-electron chi connectivity index (χ0n) is 11.4. The molecule has 0 aromatic heterocycles. The largest absolute Gasteiger partial charge is 0.492 e. The first-order valence-corrected chi connectivity index (χ1v) is 6.24. The molecule has 0 radical (unpaired) electrons. The van der Waals surface area contributed by atoms with Crippen LogP contribution in [-0.4, -0.2) is 30.4 Å². The van der Waals surface area contributed by atoms with Crippen molar-refractivity contribution in [3.63, 3.8) is 0 Å². The number of amides is 1. The first-order chi connectivity index (χ1) is 9.97. The quantitative estimate of drug-likeness (QED) is 0.758. The van der Waals surface area contributed by atoms with Gasteiger partial charge in [-0.2, -0.15) is 0 Å². The van der Waals surface area contributed by atoms with E-state index in [1.807, 2.05) is 0 Å². The van der Waals surface area contributed by atoms with Crippen LogP contribution in [0, 0.1) is 5.92 Å². The van der Waals surface area contributed by atoms with E-state index in [0.29, 0.717) is 22.8 Å². The molecule has 0 aliphatic carbocycles. The highest BCUT2D eigenvalue weighted by atomic mass is 16.7. The summed E-state index contributed by atoms with van der Waals surface area (Å²) in [7, 11) is 0. The first-order valence-electron chi connectivity index (χ1n) is 6.24. The molecule has 3 N–H and O–H groups in total. The lowest BCUT2D eigenvalue weighted by Crippen LogP contribution is -2.25. The fourth-order valence-corrected chi connectivity index (χ4v) is 1.65. The lowest BCUT2D eigenvalue weighted by atomic mass is 10.1. The van der Waals surface area contributed by atoms with Crippen LogP contribution in [0.1, 0.15) is 12.5 Å². The summed E-state index contributed by atoms with van der Waals surface area (Å²) in [5.41, 5.74) is 5.68. The summed E-state index contributed by atoms with van der Waals surface area (Å²) in [5, 5.41) is 8.71. The summed E-state index contributed by atoms with van der Waals surface area (Å²) in [6, 6.07) is 3.21. The Morgan fingerprint density at radius 2 is 2.10 bits per heavy atom. The summed E-state index contributed by atoms with van der Waals surface area (Å²) in [5.74, 6) is -0.612. The Morgan fingerprint density at radius 1 is 1.43 bits per heavy atom. The van der Waals surface area contributed by atoms with Crippen LogP contribution in [0.2, 0.25) is 0 Å². The minimum Gasteiger partial charge on any atom is -0.492 e. The summed E-state index contributed by atoms with van der Waals surface area (Å²) < 4.78 is 16.0. The number of rotatable bonds is 6. The predicted molar refractivity (Wildman–Crippen MR) is 73.1 cm³/mol. The van der Waals surface area contributed by atoms with Gasteiger partial charge in [-0.3, -0.25) is 4.79 Å². The molecular weight excluding hydrogens is 278 g/mol. The Balaban J connectivity index is 2.24. The van der Waals surface area contributed by atoms with Gasteiger partial charge in [-0.1, -0.05) is 6.92 Å². The van der Waals surface area contributed by atoms with E-state index >= 15 is 0 Å². The zero-order chi connectivity index (χ0) is 15.4. The number of hydrogen-bond acceptors (Lipinski definition) is 5. The van der Waals surface area contributed by atoms with Gasteiger partial charge in [0.15, 0.2) is 11.5 Å². The molecule has 0 bridgehead atoms. The van der Waals surface area contributed by atoms with E-state index in [4.69, 9.17) is 25.1 Å². The average Bonchev–Trinajstić information content (AvgIpc) is 2.88. The van der Waals surface area contributed by atoms with Crippen molar-refractivity contribution in [2.24, 2.45) is 11.7 Å². The van der Waals surface area contributed by atoms with Crippen molar-refractivity contribution in [2.75, 3.05) is 13.4 Å². The van der Waals surface area contributed by atoms with Gasteiger partial charge in [0.2, 0.25) is 12.7 Å². The Bertz CT molecular complexity index is 595. The van der Waals surface area contributed by atoms with Crippen LogP contribution < -0.4 is 19.9 Å². The van der Waals surface area contributed by atoms with E-state index in [2.05, 4.69) is 0 Å². The molecule has 21 heavy (non-hydrogen) atoms. The Morgan fingerprint density at radius 3 is 2.71 bits per heavy atom. The molecule has 1 aliphatic heterocycles. The monoisotopic (exact) mass is 293 g/mol. The Kier molecular flexibility index (Phi) is 4.32. The molecule has 1 atom stereocenters. The third kappa shape index (κ3) is 3.65. The maximum absolute atomic E-state index is 11.0. The molecule has 0 saturated carbocycles. The normalized spacial score (nSPS) is 14.1.